The monoisotopic (exact) mass is 424 g/mol. The minimum absolute atomic E-state index is 0. The van der Waals surface area contributed by atoms with Crippen LogP contribution in [0.5, 0.6) is 11.5 Å². The molecule has 0 amide bonds. The lowest BCUT2D eigenvalue weighted by Crippen LogP contribution is -2.28. The molecule has 0 saturated carbocycles. The van der Waals surface area contributed by atoms with Gasteiger partial charge in [-0.1, -0.05) is 30.3 Å². The summed E-state index contributed by atoms with van der Waals surface area (Å²) in [5.41, 5.74) is 8.94. The van der Waals surface area contributed by atoms with Crippen molar-refractivity contribution in [2.45, 2.75) is 18.5 Å². The Bertz CT molecular complexity index is 729. The summed E-state index contributed by atoms with van der Waals surface area (Å²) in [7, 11) is 0. The van der Waals surface area contributed by atoms with Crippen molar-refractivity contribution in [1.82, 2.24) is 4.90 Å². The van der Waals surface area contributed by atoms with Gasteiger partial charge in [-0.2, -0.15) is 0 Å². The molecule has 1 fully saturated rings. The summed E-state index contributed by atoms with van der Waals surface area (Å²) in [5, 5.41) is 0. The molecule has 25 heavy (non-hydrogen) atoms. The first-order valence-electron chi connectivity index (χ1n) is 8.31. The highest BCUT2D eigenvalue weighted by Gasteiger charge is 2.31. The van der Waals surface area contributed by atoms with E-state index in [2.05, 4.69) is 63.3 Å². The van der Waals surface area contributed by atoms with E-state index in [9.17, 15) is 0 Å². The van der Waals surface area contributed by atoms with E-state index in [4.69, 9.17) is 15.2 Å². The van der Waals surface area contributed by atoms with Crippen molar-refractivity contribution in [1.29, 1.82) is 0 Å². The minimum Gasteiger partial charge on any atom is -0.486 e. The second-order valence-electron chi connectivity index (χ2n) is 6.48. The quantitative estimate of drug-likeness (QED) is 0.817. The van der Waals surface area contributed by atoms with Crippen LogP contribution in [0.3, 0.4) is 0 Å². The number of benzene rings is 2. The van der Waals surface area contributed by atoms with E-state index < -0.39 is 0 Å². The molecule has 0 unspecified atom stereocenters. The van der Waals surface area contributed by atoms with E-state index in [-0.39, 0.29) is 18.4 Å². The normalized spacial score (nSPS) is 22.5. The first-order chi connectivity index (χ1) is 11.7. The van der Waals surface area contributed by atoms with Crippen molar-refractivity contribution >= 4 is 28.3 Å². The standard InChI is InChI=1S/C19H21BrN2O2.ClH/c20-16-8-13(9-18-19(16)24-7-6-23-18)10-22-11-15(17(21)12-22)14-4-2-1-3-5-14;/h1-5,8-9,15,17H,6-7,10-12,21H2;1H/t15-,17+;/m0./s1. The third kappa shape index (κ3) is 3.95. The highest BCUT2D eigenvalue weighted by Crippen LogP contribution is 2.39. The largest absolute Gasteiger partial charge is 0.486 e. The molecule has 4 nitrogen and oxygen atoms in total. The van der Waals surface area contributed by atoms with Gasteiger partial charge in [0.05, 0.1) is 4.47 Å². The molecule has 2 N–H and O–H groups in total. The van der Waals surface area contributed by atoms with Crippen LogP contribution in [0.1, 0.15) is 17.0 Å². The third-order valence-electron chi connectivity index (χ3n) is 4.73. The Hall–Kier alpha value is -1.27. The average Bonchev–Trinajstić information content (AvgIpc) is 2.96. The molecule has 6 heteroatoms. The van der Waals surface area contributed by atoms with Gasteiger partial charge in [0.1, 0.15) is 13.2 Å². The van der Waals surface area contributed by atoms with E-state index >= 15 is 0 Å². The lowest BCUT2D eigenvalue weighted by Gasteiger charge is -2.22. The predicted octanol–water partition coefficient (Wildman–Crippen LogP) is 3.57. The van der Waals surface area contributed by atoms with Crippen molar-refractivity contribution in [2.24, 2.45) is 5.73 Å². The van der Waals surface area contributed by atoms with E-state index in [0.29, 0.717) is 19.1 Å². The van der Waals surface area contributed by atoms with Gasteiger partial charge in [-0.25, -0.2) is 0 Å². The first-order valence-corrected chi connectivity index (χ1v) is 9.11. The molecule has 0 spiro atoms. The maximum absolute atomic E-state index is 6.40. The van der Waals surface area contributed by atoms with Crippen molar-refractivity contribution in [3.8, 4) is 11.5 Å². The number of halogens is 2. The molecule has 2 aromatic carbocycles. The maximum atomic E-state index is 6.40. The van der Waals surface area contributed by atoms with Gasteiger partial charge in [0, 0.05) is 31.6 Å². The van der Waals surface area contributed by atoms with Crippen LogP contribution in [0, 0.1) is 0 Å². The molecular weight excluding hydrogens is 404 g/mol. The van der Waals surface area contributed by atoms with Crippen LogP contribution in [-0.4, -0.2) is 37.2 Å². The second kappa shape index (κ2) is 7.96. The number of hydrogen-bond donors (Lipinski definition) is 1. The van der Waals surface area contributed by atoms with Crippen molar-refractivity contribution < 1.29 is 9.47 Å². The summed E-state index contributed by atoms with van der Waals surface area (Å²) in [6.45, 7) is 3.97. The van der Waals surface area contributed by atoms with Crippen LogP contribution < -0.4 is 15.2 Å². The summed E-state index contributed by atoms with van der Waals surface area (Å²) >= 11 is 3.59. The van der Waals surface area contributed by atoms with Gasteiger partial charge in [-0.3, -0.25) is 4.90 Å². The van der Waals surface area contributed by atoms with Crippen LogP contribution in [0.4, 0.5) is 0 Å². The number of ether oxygens (including phenoxy) is 2. The molecule has 2 atom stereocenters. The molecule has 1 saturated heterocycles. The minimum atomic E-state index is 0. The topological polar surface area (TPSA) is 47.7 Å². The molecule has 0 bridgehead atoms. The number of hydrogen-bond acceptors (Lipinski definition) is 4. The molecule has 0 aromatic heterocycles. The van der Waals surface area contributed by atoms with Gasteiger partial charge in [-0.05, 0) is 39.2 Å². The summed E-state index contributed by atoms with van der Waals surface area (Å²) in [6.07, 6.45) is 0. The van der Waals surface area contributed by atoms with E-state index in [1.807, 2.05) is 0 Å². The number of fused-ring (bicyclic) bond motifs is 1. The van der Waals surface area contributed by atoms with Gasteiger partial charge in [0.25, 0.3) is 0 Å². The average molecular weight is 426 g/mol. The van der Waals surface area contributed by atoms with E-state index in [0.717, 1.165) is 35.6 Å². The van der Waals surface area contributed by atoms with Gasteiger partial charge < -0.3 is 15.2 Å². The summed E-state index contributed by atoms with van der Waals surface area (Å²) < 4.78 is 12.3. The molecule has 2 heterocycles. The van der Waals surface area contributed by atoms with Crippen LogP contribution in [0.2, 0.25) is 0 Å². The summed E-state index contributed by atoms with van der Waals surface area (Å²) in [6, 6.07) is 15.0. The number of rotatable bonds is 3. The van der Waals surface area contributed by atoms with E-state index in [1.165, 1.54) is 11.1 Å². The van der Waals surface area contributed by atoms with Crippen LogP contribution in [-0.2, 0) is 6.54 Å². The Kier molecular flexibility index (Phi) is 5.89. The zero-order chi connectivity index (χ0) is 16.5. The van der Waals surface area contributed by atoms with E-state index in [1.54, 1.807) is 0 Å². The van der Waals surface area contributed by atoms with Crippen LogP contribution in [0.15, 0.2) is 46.9 Å². The lowest BCUT2D eigenvalue weighted by molar-refractivity contribution is 0.170. The first kappa shape index (κ1) is 18.5. The molecule has 2 aliphatic heterocycles. The Morgan fingerprint density at radius 1 is 1.08 bits per heavy atom. The zero-order valence-electron chi connectivity index (χ0n) is 13.9. The smallest absolute Gasteiger partial charge is 0.175 e. The number of likely N-dealkylation sites (tertiary alicyclic amines) is 1. The number of nitrogens with zero attached hydrogens (tertiary/aromatic N) is 1. The summed E-state index contributed by atoms with van der Waals surface area (Å²) in [4.78, 5) is 2.42. The fourth-order valence-corrected chi connectivity index (χ4v) is 4.21. The second-order valence-corrected chi connectivity index (χ2v) is 7.33. The SMILES string of the molecule is Cl.N[C@@H]1CN(Cc2cc(Br)c3c(c2)OCCO3)C[C@H]1c1ccccc1. The van der Waals surface area contributed by atoms with Crippen LogP contribution >= 0.6 is 28.3 Å². The van der Waals surface area contributed by atoms with Gasteiger partial charge in [0.2, 0.25) is 0 Å². The fourth-order valence-electron chi connectivity index (χ4n) is 3.61. The number of nitrogens with two attached hydrogens (primary N) is 1. The highest BCUT2D eigenvalue weighted by molar-refractivity contribution is 9.10. The lowest BCUT2D eigenvalue weighted by atomic mass is 9.95. The van der Waals surface area contributed by atoms with Crippen molar-refractivity contribution in [3.05, 3.63) is 58.1 Å². The fraction of sp³-hybridized carbons (Fsp3) is 0.368. The maximum Gasteiger partial charge on any atom is 0.175 e. The zero-order valence-corrected chi connectivity index (χ0v) is 16.3. The molecule has 2 aromatic rings. The Labute approximate surface area is 162 Å². The molecule has 2 aliphatic rings. The molecule has 0 radical (unpaired) electrons. The molecule has 4 rings (SSSR count). The highest BCUT2D eigenvalue weighted by atomic mass is 79.9. The molecule has 134 valence electrons. The van der Waals surface area contributed by atoms with Gasteiger partial charge in [-0.15, -0.1) is 12.4 Å². The third-order valence-corrected chi connectivity index (χ3v) is 5.32. The Balaban J connectivity index is 0.00000182. The van der Waals surface area contributed by atoms with Crippen LogP contribution in [0.25, 0.3) is 0 Å². The predicted molar refractivity (Wildman–Crippen MR) is 105 cm³/mol. The van der Waals surface area contributed by atoms with Gasteiger partial charge in [0.15, 0.2) is 11.5 Å². The Morgan fingerprint density at radius 3 is 2.64 bits per heavy atom. The molecule has 0 aliphatic carbocycles. The molecular formula is C19H22BrClN2O2. The summed E-state index contributed by atoms with van der Waals surface area (Å²) in [5.74, 6) is 2.03. The van der Waals surface area contributed by atoms with Crippen molar-refractivity contribution in [2.75, 3.05) is 26.3 Å². The Morgan fingerprint density at radius 2 is 1.84 bits per heavy atom. The van der Waals surface area contributed by atoms with Crippen molar-refractivity contribution in [3.63, 3.8) is 0 Å². The van der Waals surface area contributed by atoms with Gasteiger partial charge >= 0.3 is 0 Å².